The van der Waals surface area contributed by atoms with E-state index in [1.54, 1.807) is 54.6 Å². The van der Waals surface area contributed by atoms with Crippen molar-refractivity contribution in [2.45, 2.75) is 24.7 Å². The van der Waals surface area contributed by atoms with Gasteiger partial charge < -0.3 is 5.11 Å². The van der Waals surface area contributed by atoms with Crippen LogP contribution >= 0.6 is 24.0 Å². The van der Waals surface area contributed by atoms with E-state index in [0.29, 0.717) is 32.1 Å². The number of aryl methyl sites for hydroxylation is 1. The van der Waals surface area contributed by atoms with Crippen LogP contribution in [0.5, 0.6) is 0 Å². The number of hydrogen-bond acceptors (Lipinski definition) is 6. The van der Waals surface area contributed by atoms with Crippen LogP contribution in [-0.4, -0.2) is 45.1 Å². The molecule has 3 aromatic rings. The first-order valence-corrected chi connectivity index (χ1v) is 12.7. The molecule has 0 saturated carbocycles. The number of carboxylic acids is 1. The van der Waals surface area contributed by atoms with Gasteiger partial charge in [0.15, 0.2) is 0 Å². The van der Waals surface area contributed by atoms with E-state index < -0.39 is 16.0 Å². The largest absolute Gasteiger partial charge is 0.481 e. The number of aliphatic carboxylic acids is 1. The lowest BCUT2D eigenvalue weighted by Crippen LogP contribution is -2.29. The molecule has 1 amide bonds. The summed E-state index contributed by atoms with van der Waals surface area (Å²) in [5, 5.41) is 9.51. The minimum Gasteiger partial charge on any atom is -0.481 e. The predicted octanol–water partition coefficient (Wildman–Crippen LogP) is 4.25. The van der Waals surface area contributed by atoms with Crippen LogP contribution in [0.15, 0.2) is 64.5 Å². The fourth-order valence-electron chi connectivity index (χ4n) is 3.54. The number of rotatable bonds is 7. The van der Waals surface area contributed by atoms with E-state index in [0.717, 1.165) is 17.3 Å². The Morgan fingerprint density at radius 1 is 1.15 bits per heavy atom. The molecule has 1 aliphatic rings. The fraction of sp³-hybridized carbons (Fsp3) is 0.174. The molecule has 4 rings (SSSR count). The van der Waals surface area contributed by atoms with Gasteiger partial charge in [0, 0.05) is 30.1 Å². The van der Waals surface area contributed by atoms with Crippen LogP contribution in [0.1, 0.15) is 24.0 Å². The van der Waals surface area contributed by atoms with E-state index in [1.807, 2.05) is 6.92 Å². The molecule has 170 valence electrons. The number of carboxylic acid groups (broad SMARTS) is 1. The average Bonchev–Trinajstić information content (AvgIpc) is 3.27. The second-order valence-electron chi connectivity index (χ2n) is 7.55. The Bertz CT molecular complexity index is 1410. The van der Waals surface area contributed by atoms with Crippen LogP contribution in [0.2, 0.25) is 0 Å². The van der Waals surface area contributed by atoms with Crippen molar-refractivity contribution in [3.63, 3.8) is 0 Å². The fourth-order valence-corrected chi connectivity index (χ4v) is 6.21. The van der Waals surface area contributed by atoms with Gasteiger partial charge >= 0.3 is 5.97 Å². The molecule has 0 atom stereocenters. The molecule has 1 aliphatic heterocycles. The van der Waals surface area contributed by atoms with E-state index in [9.17, 15) is 18.0 Å². The third-order valence-electron chi connectivity index (χ3n) is 5.22. The molecular weight excluding hydrogens is 480 g/mol. The highest BCUT2D eigenvalue weighted by molar-refractivity contribution is 8.26. The zero-order valence-corrected chi connectivity index (χ0v) is 20.0. The van der Waals surface area contributed by atoms with Crippen molar-refractivity contribution in [3.05, 3.63) is 70.8 Å². The maximum atomic E-state index is 13.3. The van der Waals surface area contributed by atoms with Crippen molar-refractivity contribution in [2.24, 2.45) is 0 Å². The quantitative estimate of drug-likeness (QED) is 0.383. The number of thioether (sulfide) groups is 1. The monoisotopic (exact) mass is 500 g/mol. The van der Waals surface area contributed by atoms with Crippen LogP contribution in [0.25, 0.3) is 17.0 Å². The van der Waals surface area contributed by atoms with E-state index in [2.05, 4.69) is 0 Å². The maximum absolute atomic E-state index is 13.3. The number of para-hydroxylation sites is 1. The predicted molar refractivity (Wildman–Crippen MR) is 132 cm³/mol. The Kier molecular flexibility index (Phi) is 6.42. The highest BCUT2D eigenvalue weighted by atomic mass is 32.2. The molecule has 0 unspecified atom stereocenters. The summed E-state index contributed by atoms with van der Waals surface area (Å²) in [6.45, 7) is 2.11. The number of amides is 1. The van der Waals surface area contributed by atoms with E-state index in [1.165, 1.54) is 15.1 Å². The Balaban J connectivity index is 1.72. The summed E-state index contributed by atoms with van der Waals surface area (Å²) in [6, 6.07) is 13.7. The molecule has 2 aromatic carbocycles. The first-order chi connectivity index (χ1) is 15.7. The van der Waals surface area contributed by atoms with Crippen molar-refractivity contribution >= 4 is 67.2 Å². The molecule has 33 heavy (non-hydrogen) atoms. The summed E-state index contributed by atoms with van der Waals surface area (Å²) >= 11 is 6.42. The molecule has 0 aliphatic carbocycles. The van der Waals surface area contributed by atoms with Crippen LogP contribution in [0.3, 0.4) is 0 Å². The molecule has 0 radical (unpaired) electrons. The van der Waals surface area contributed by atoms with Crippen molar-refractivity contribution in [3.8, 4) is 0 Å². The van der Waals surface area contributed by atoms with Crippen molar-refractivity contribution < 1.29 is 23.1 Å². The van der Waals surface area contributed by atoms with Gasteiger partial charge in [-0.2, -0.15) is 0 Å². The highest BCUT2D eigenvalue weighted by Gasteiger charge is 2.32. The third kappa shape index (κ3) is 4.59. The van der Waals surface area contributed by atoms with Crippen LogP contribution in [-0.2, 0) is 19.6 Å². The van der Waals surface area contributed by atoms with Crippen LogP contribution < -0.4 is 0 Å². The summed E-state index contributed by atoms with van der Waals surface area (Å²) in [6.07, 6.45) is 3.39. The lowest BCUT2D eigenvalue weighted by Gasteiger charge is -2.13. The van der Waals surface area contributed by atoms with Gasteiger partial charge in [0.2, 0.25) is 0 Å². The number of carbonyl (C=O) groups excluding carboxylic acids is 1. The first-order valence-electron chi connectivity index (χ1n) is 10.1. The van der Waals surface area contributed by atoms with Gasteiger partial charge in [-0.15, -0.1) is 0 Å². The van der Waals surface area contributed by atoms with Gasteiger partial charge in [0.25, 0.3) is 15.9 Å². The van der Waals surface area contributed by atoms with Gasteiger partial charge in [-0.25, -0.2) is 12.4 Å². The highest BCUT2D eigenvalue weighted by Crippen LogP contribution is 2.35. The van der Waals surface area contributed by atoms with Crippen molar-refractivity contribution in [2.75, 3.05) is 6.54 Å². The van der Waals surface area contributed by atoms with E-state index in [4.69, 9.17) is 17.3 Å². The minimum absolute atomic E-state index is 0.0551. The molecule has 1 saturated heterocycles. The lowest BCUT2D eigenvalue weighted by atomic mass is 10.1. The molecule has 1 N–H and O–H groups in total. The average molecular weight is 501 g/mol. The summed E-state index contributed by atoms with van der Waals surface area (Å²) in [5.41, 5.74) is 2.03. The maximum Gasteiger partial charge on any atom is 0.303 e. The molecular formula is C23H20N2O5S3. The molecule has 2 heterocycles. The Hall–Kier alpha value is -2.95. The second-order valence-corrected chi connectivity index (χ2v) is 11.0. The number of fused-ring (bicyclic) bond motifs is 1. The number of nitrogens with zero attached hydrogens (tertiary/aromatic N) is 2. The molecule has 0 bridgehead atoms. The Morgan fingerprint density at radius 3 is 2.55 bits per heavy atom. The molecule has 1 aromatic heterocycles. The smallest absolute Gasteiger partial charge is 0.303 e. The number of hydrogen-bond donors (Lipinski definition) is 1. The van der Waals surface area contributed by atoms with E-state index in [-0.39, 0.29) is 23.8 Å². The zero-order chi connectivity index (χ0) is 23.8. The number of carbonyl (C=O) groups is 2. The number of thiocarbonyl (C=S) groups is 1. The van der Waals surface area contributed by atoms with Gasteiger partial charge in [-0.3, -0.25) is 14.5 Å². The first kappa shape index (κ1) is 23.2. The van der Waals surface area contributed by atoms with E-state index >= 15 is 0 Å². The zero-order valence-electron chi connectivity index (χ0n) is 17.6. The molecule has 0 spiro atoms. The minimum atomic E-state index is -3.85. The van der Waals surface area contributed by atoms with Crippen LogP contribution in [0, 0.1) is 6.92 Å². The summed E-state index contributed by atoms with van der Waals surface area (Å²) in [7, 11) is -3.85. The topological polar surface area (TPSA) is 96.7 Å². The second kappa shape index (κ2) is 9.12. The van der Waals surface area contributed by atoms with Gasteiger partial charge in [-0.05, 0) is 37.6 Å². The molecule has 1 fully saturated rings. The Morgan fingerprint density at radius 2 is 1.85 bits per heavy atom. The summed E-state index contributed by atoms with van der Waals surface area (Å²) in [4.78, 5) is 25.6. The van der Waals surface area contributed by atoms with Crippen molar-refractivity contribution in [1.82, 2.24) is 8.87 Å². The Labute approximate surface area is 200 Å². The molecule has 7 nitrogen and oxygen atoms in total. The number of benzene rings is 2. The third-order valence-corrected chi connectivity index (χ3v) is 8.28. The summed E-state index contributed by atoms with van der Waals surface area (Å²) in [5.74, 6) is -1.24. The van der Waals surface area contributed by atoms with Crippen LogP contribution in [0.4, 0.5) is 0 Å². The normalized spacial score (nSPS) is 15.7. The van der Waals surface area contributed by atoms with Crippen molar-refractivity contribution in [1.29, 1.82) is 0 Å². The van der Waals surface area contributed by atoms with Gasteiger partial charge in [0.05, 0.1) is 15.3 Å². The van der Waals surface area contributed by atoms with Gasteiger partial charge in [-0.1, -0.05) is 59.9 Å². The van der Waals surface area contributed by atoms with Gasteiger partial charge in [0.1, 0.15) is 4.32 Å². The number of aromatic nitrogens is 1. The summed E-state index contributed by atoms with van der Waals surface area (Å²) < 4.78 is 28.3. The SMILES string of the molecule is Cc1ccc(S(=O)(=O)n2cc(/C=C3/SC(=S)N(CCCC(=O)O)C3=O)c3ccccc32)cc1. The standard InChI is InChI=1S/C23H20N2O5S3/c1-15-8-10-17(11-9-15)33(29,30)25-14-16(18-5-2-3-6-19(18)25)13-20-22(28)24(23(31)32-20)12-4-7-21(26)27/h2-3,5-6,8-11,13-14H,4,7,12H2,1H3,(H,26,27)/b20-13+. The molecule has 10 heteroatoms. The lowest BCUT2D eigenvalue weighted by molar-refractivity contribution is -0.137.